The van der Waals surface area contributed by atoms with Gasteiger partial charge in [-0.15, -0.1) is 10.2 Å². The molecule has 1 aliphatic rings. The Kier molecular flexibility index (Phi) is 4.85. The summed E-state index contributed by atoms with van der Waals surface area (Å²) in [5.41, 5.74) is 1.79. The summed E-state index contributed by atoms with van der Waals surface area (Å²) >= 11 is 0. The summed E-state index contributed by atoms with van der Waals surface area (Å²) in [6, 6.07) is 9.99. The molecular weight excluding hydrogens is 364 g/mol. The number of rotatable bonds is 3. The molecule has 0 bridgehead atoms. The Labute approximate surface area is 160 Å². The molecule has 0 radical (unpaired) electrons. The zero-order valence-corrected chi connectivity index (χ0v) is 15.3. The zero-order valence-electron chi connectivity index (χ0n) is 15.3. The lowest BCUT2D eigenvalue weighted by Crippen LogP contribution is -2.41. The molecule has 1 amide bonds. The largest absolute Gasteiger partial charge is 0.336 e. The maximum atomic E-state index is 13.3. The molecule has 1 unspecified atom stereocenters. The van der Waals surface area contributed by atoms with Crippen LogP contribution in [0.4, 0.5) is 8.78 Å². The predicted molar refractivity (Wildman–Crippen MR) is 98.5 cm³/mol. The molecule has 3 aromatic rings. The lowest BCUT2D eigenvalue weighted by molar-refractivity contribution is 0.0662. The number of amides is 1. The summed E-state index contributed by atoms with van der Waals surface area (Å²) in [5, 5.41) is 12.6. The number of aromatic nitrogens is 4. The van der Waals surface area contributed by atoms with Crippen molar-refractivity contribution in [3.63, 3.8) is 0 Å². The van der Waals surface area contributed by atoms with Crippen molar-refractivity contribution in [2.75, 3.05) is 13.1 Å². The van der Waals surface area contributed by atoms with E-state index in [9.17, 15) is 13.6 Å². The highest BCUT2D eigenvalue weighted by Crippen LogP contribution is 2.24. The van der Waals surface area contributed by atoms with Crippen LogP contribution in [0.1, 0.15) is 34.8 Å². The van der Waals surface area contributed by atoms with E-state index in [0.29, 0.717) is 35.6 Å². The lowest BCUT2D eigenvalue weighted by Gasteiger charge is -2.32. The summed E-state index contributed by atoms with van der Waals surface area (Å²) in [7, 11) is 0. The van der Waals surface area contributed by atoms with Gasteiger partial charge >= 0.3 is 0 Å². The van der Waals surface area contributed by atoms with Gasteiger partial charge < -0.3 is 4.90 Å². The average molecular weight is 383 g/mol. The molecule has 1 saturated heterocycles. The third kappa shape index (κ3) is 3.62. The highest BCUT2D eigenvalue weighted by Gasteiger charge is 2.28. The molecule has 0 aliphatic carbocycles. The molecule has 1 atom stereocenters. The van der Waals surface area contributed by atoms with E-state index in [1.807, 2.05) is 0 Å². The number of carbonyl (C=O) groups excluding carboxylic acids is 1. The van der Waals surface area contributed by atoms with Crippen molar-refractivity contribution in [3.05, 3.63) is 65.2 Å². The van der Waals surface area contributed by atoms with Gasteiger partial charge in [0.1, 0.15) is 11.6 Å². The second kappa shape index (κ2) is 7.46. The van der Waals surface area contributed by atoms with Crippen molar-refractivity contribution in [2.24, 2.45) is 0 Å². The fourth-order valence-electron chi connectivity index (χ4n) is 3.46. The van der Waals surface area contributed by atoms with Crippen molar-refractivity contribution in [3.8, 4) is 11.4 Å². The Hall–Kier alpha value is -3.16. The van der Waals surface area contributed by atoms with E-state index in [4.69, 9.17) is 0 Å². The first-order valence-corrected chi connectivity index (χ1v) is 9.12. The molecule has 1 fully saturated rings. The topological polar surface area (TPSA) is 63.9 Å². The summed E-state index contributed by atoms with van der Waals surface area (Å²) in [6.07, 6.45) is 1.63. The molecule has 0 saturated carbocycles. The van der Waals surface area contributed by atoms with Crippen LogP contribution in [0.2, 0.25) is 0 Å². The lowest BCUT2D eigenvalue weighted by atomic mass is 10.0. The van der Waals surface area contributed by atoms with E-state index < -0.39 is 0 Å². The number of halogens is 2. The smallest absolute Gasteiger partial charge is 0.254 e. The number of tetrazole rings is 1. The first-order chi connectivity index (χ1) is 13.5. The molecule has 0 N–H and O–H groups in total. The first kappa shape index (κ1) is 18.2. The number of aryl methyl sites for hydroxylation is 1. The van der Waals surface area contributed by atoms with Gasteiger partial charge in [-0.1, -0.05) is 0 Å². The highest BCUT2D eigenvalue weighted by molar-refractivity contribution is 5.95. The van der Waals surface area contributed by atoms with Crippen molar-refractivity contribution in [1.29, 1.82) is 0 Å². The maximum absolute atomic E-state index is 13.3. The van der Waals surface area contributed by atoms with Gasteiger partial charge in [0.25, 0.3) is 5.91 Å². The van der Waals surface area contributed by atoms with E-state index in [2.05, 4.69) is 15.4 Å². The summed E-state index contributed by atoms with van der Waals surface area (Å²) in [6.45, 7) is 2.81. The third-order valence-electron chi connectivity index (χ3n) is 4.96. The van der Waals surface area contributed by atoms with Crippen LogP contribution >= 0.6 is 0 Å². The first-order valence-electron chi connectivity index (χ1n) is 9.12. The fraction of sp³-hybridized carbons (Fsp3) is 0.300. The van der Waals surface area contributed by atoms with Crippen LogP contribution in [0.25, 0.3) is 11.4 Å². The summed E-state index contributed by atoms with van der Waals surface area (Å²) in [4.78, 5) is 16.1. The Morgan fingerprint density at radius 2 is 1.86 bits per heavy atom. The molecule has 6 nitrogen and oxygen atoms in total. The van der Waals surface area contributed by atoms with Crippen LogP contribution in [-0.2, 0) is 0 Å². The number of nitrogens with zero attached hydrogens (tertiary/aromatic N) is 5. The number of piperidine rings is 1. The minimum absolute atomic E-state index is 0.0971. The SMILES string of the molecule is Cc1cc(F)ccc1C(=O)N1CCCC(n2nnc(-c3ccc(F)cc3)n2)C1. The van der Waals surface area contributed by atoms with E-state index in [0.717, 1.165) is 12.8 Å². The molecule has 8 heteroatoms. The monoisotopic (exact) mass is 383 g/mol. The van der Waals surface area contributed by atoms with Gasteiger partial charge in [-0.25, -0.2) is 8.78 Å². The van der Waals surface area contributed by atoms with Gasteiger partial charge in [0.15, 0.2) is 0 Å². The van der Waals surface area contributed by atoms with Crippen molar-refractivity contribution in [2.45, 2.75) is 25.8 Å². The van der Waals surface area contributed by atoms with Gasteiger partial charge in [-0.05, 0) is 73.0 Å². The van der Waals surface area contributed by atoms with Crippen LogP contribution in [0.3, 0.4) is 0 Å². The number of carbonyl (C=O) groups is 1. The quantitative estimate of drug-likeness (QED) is 0.695. The van der Waals surface area contributed by atoms with Crippen LogP contribution in [-0.4, -0.2) is 44.1 Å². The summed E-state index contributed by atoms with van der Waals surface area (Å²) in [5.74, 6) is -0.390. The van der Waals surface area contributed by atoms with Crippen LogP contribution in [0.15, 0.2) is 42.5 Å². The third-order valence-corrected chi connectivity index (χ3v) is 4.96. The minimum Gasteiger partial charge on any atom is -0.336 e. The number of benzene rings is 2. The molecule has 2 aromatic carbocycles. The Bertz CT molecular complexity index is 1000. The fourth-order valence-corrected chi connectivity index (χ4v) is 3.46. The van der Waals surface area contributed by atoms with Gasteiger partial charge in [0.2, 0.25) is 5.82 Å². The van der Waals surface area contributed by atoms with Gasteiger partial charge in [0, 0.05) is 24.2 Å². The van der Waals surface area contributed by atoms with E-state index >= 15 is 0 Å². The average Bonchev–Trinajstić information content (AvgIpc) is 3.18. The molecule has 144 valence electrons. The maximum Gasteiger partial charge on any atom is 0.254 e. The van der Waals surface area contributed by atoms with E-state index in [1.54, 1.807) is 24.0 Å². The predicted octanol–water partition coefficient (Wildman–Crippen LogP) is 3.40. The molecule has 4 rings (SSSR count). The second-order valence-corrected chi connectivity index (χ2v) is 6.95. The van der Waals surface area contributed by atoms with Gasteiger partial charge in [-0.3, -0.25) is 4.79 Å². The minimum atomic E-state index is -0.356. The Morgan fingerprint density at radius 3 is 2.61 bits per heavy atom. The molecule has 1 aliphatic heterocycles. The molecule has 1 aromatic heterocycles. The number of likely N-dealkylation sites (tertiary alicyclic amines) is 1. The van der Waals surface area contributed by atoms with Gasteiger partial charge in [0.05, 0.1) is 6.04 Å². The van der Waals surface area contributed by atoms with Crippen LogP contribution in [0.5, 0.6) is 0 Å². The molecular formula is C20H19F2N5O. The van der Waals surface area contributed by atoms with E-state index in [-0.39, 0.29) is 23.6 Å². The van der Waals surface area contributed by atoms with Crippen molar-refractivity contribution in [1.82, 2.24) is 25.1 Å². The molecule has 0 spiro atoms. The molecule has 2 heterocycles. The number of hydrogen-bond acceptors (Lipinski definition) is 4. The number of hydrogen-bond donors (Lipinski definition) is 0. The van der Waals surface area contributed by atoms with Crippen molar-refractivity contribution >= 4 is 5.91 Å². The second-order valence-electron chi connectivity index (χ2n) is 6.95. The zero-order chi connectivity index (χ0) is 19.7. The van der Waals surface area contributed by atoms with Crippen LogP contribution in [0, 0.1) is 18.6 Å². The van der Waals surface area contributed by atoms with Crippen LogP contribution < -0.4 is 0 Å². The van der Waals surface area contributed by atoms with Crippen molar-refractivity contribution < 1.29 is 13.6 Å². The highest BCUT2D eigenvalue weighted by atomic mass is 19.1. The Morgan fingerprint density at radius 1 is 1.11 bits per heavy atom. The molecule has 28 heavy (non-hydrogen) atoms. The van der Waals surface area contributed by atoms with E-state index in [1.165, 1.54) is 35.1 Å². The normalized spacial score (nSPS) is 17.0. The summed E-state index contributed by atoms with van der Waals surface area (Å²) < 4.78 is 26.4. The Balaban J connectivity index is 1.51. The van der Waals surface area contributed by atoms with Gasteiger partial charge in [-0.2, -0.15) is 4.80 Å². The standard InChI is InChI=1S/C20H19F2N5O/c1-13-11-16(22)8-9-18(13)20(28)26-10-2-3-17(12-26)27-24-19(23-25-27)14-4-6-15(21)7-5-14/h4-9,11,17H,2-3,10,12H2,1H3.